The summed E-state index contributed by atoms with van der Waals surface area (Å²) >= 11 is 5.93. The molecule has 9 nitrogen and oxygen atoms in total. The van der Waals surface area contributed by atoms with Gasteiger partial charge in [-0.25, -0.2) is 13.2 Å². The number of ether oxygens (including phenoxy) is 1. The van der Waals surface area contributed by atoms with Crippen molar-refractivity contribution in [3.8, 4) is 6.07 Å². The van der Waals surface area contributed by atoms with Gasteiger partial charge in [0, 0.05) is 18.4 Å². The van der Waals surface area contributed by atoms with E-state index in [0.717, 1.165) is 0 Å². The normalized spacial score (nSPS) is 17.9. The van der Waals surface area contributed by atoms with E-state index in [4.69, 9.17) is 21.6 Å². The van der Waals surface area contributed by atoms with Crippen molar-refractivity contribution >= 4 is 45.0 Å². The van der Waals surface area contributed by atoms with Crippen LogP contribution in [-0.2, 0) is 24.3 Å². The minimum atomic E-state index is -3.49. The number of sulfonamides is 1. The number of anilines is 1. The Hall–Kier alpha value is -3.16. The van der Waals surface area contributed by atoms with Crippen molar-refractivity contribution < 1.29 is 22.7 Å². The number of carbonyl (C=O) groups is 2. The van der Waals surface area contributed by atoms with Gasteiger partial charge in [-0.1, -0.05) is 11.6 Å². The Morgan fingerprint density at radius 1 is 1.38 bits per heavy atom. The van der Waals surface area contributed by atoms with Gasteiger partial charge in [-0.15, -0.1) is 4.40 Å². The summed E-state index contributed by atoms with van der Waals surface area (Å²) in [7, 11) is -3.49. The Labute approximate surface area is 172 Å². The maximum Gasteiger partial charge on any atom is 0.340 e. The lowest BCUT2D eigenvalue weighted by atomic mass is 10.2. The van der Waals surface area contributed by atoms with Crippen LogP contribution in [0.3, 0.4) is 0 Å². The van der Waals surface area contributed by atoms with Crippen LogP contribution in [0.25, 0.3) is 0 Å². The van der Waals surface area contributed by atoms with Crippen molar-refractivity contribution in [1.82, 2.24) is 4.90 Å². The fraction of sp³-hybridized carbons (Fsp3) is 0.222. The van der Waals surface area contributed by atoms with Crippen LogP contribution in [0.2, 0.25) is 5.02 Å². The second-order valence-electron chi connectivity index (χ2n) is 6.19. The second kappa shape index (κ2) is 8.06. The molecule has 1 atom stereocenters. The maximum absolute atomic E-state index is 12.3. The molecule has 0 saturated carbocycles. The lowest BCUT2D eigenvalue weighted by molar-refractivity contribution is -0.149. The molecule has 1 N–H and O–H groups in total. The quantitative estimate of drug-likeness (QED) is 0.712. The third kappa shape index (κ3) is 4.82. The van der Waals surface area contributed by atoms with E-state index in [2.05, 4.69) is 9.71 Å². The summed E-state index contributed by atoms with van der Waals surface area (Å²) in [5, 5.41) is 11.6. The molecule has 0 spiro atoms. The van der Waals surface area contributed by atoms with Crippen molar-refractivity contribution in [2.45, 2.75) is 13.0 Å². The largest absolute Gasteiger partial charge is 0.449 e. The lowest BCUT2D eigenvalue weighted by Crippen LogP contribution is -2.37. The number of nitrogens with zero attached hydrogens (tertiary/aromatic N) is 3. The van der Waals surface area contributed by atoms with Crippen LogP contribution in [-0.4, -0.2) is 49.4 Å². The molecule has 11 heteroatoms. The number of carbonyl (C=O) groups excluding carboxylic acids is 2. The summed E-state index contributed by atoms with van der Waals surface area (Å²) in [4.78, 5) is 26.1. The van der Waals surface area contributed by atoms with E-state index >= 15 is 0 Å². The van der Waals surface area contributed by atoms with E-state index in [1.165, 1.54) is 48.4 Å². The summed E-state index contributed by atoms with van der Waals surface area (Å²) in [5.41, 5.74) is 0.784. The molecule has 1 aromatic rings. The third-order valence-corrected chi connectivity index (χ3v) is 5.55. The highest BCUT2D eigenvalue weighted by molar-refractivity contribution is 7.90. The first-order valence-electron chi connectivity index (χ1n) is 8.39. The van der Waals surface area contributed by atoms with Gasteiger partial charge >= 0.3 is 5.97 Å². The van der Waals surface area contributed by atoms with Gasteiger partial charge in [0.15, 0.2) is 6.10 Å². The van der Waals surface area contributed by atoms with E-state index < -0.39 is 28.0 Å². The topological polar surface area (TPSA) is 129 Å². The molecule has 150 valence electrons. The van der Waals surface area contributed by atoms with Gasteiger partial charge in [-0.05, 0) is 37.3 Å². The minimum Gasteiger partial charge on any atom is -0.449 e. The van der Waals surface area contributed by atoms with Crippen molar-refractivity contribution in [1.29, 1.82) is 5.26 Å². The Morgan fingerprint density at radius 2 is 2.14 bits per heavy atom. The molecule has 0 fully saturated rings. The Balaban J connectivity index is 1.63. The van der Waals surface area contributed by atoms with E-state index in [9.17, 15) is 18.0 Å². The number of amidine groups is 1. The molecule has 2 aliphatic heterocycles. The average molecular weight is 435 g/mol. The molecular formula is C18H15ClN4O5S. The molecule has 0 aromatic heterocycles. The van der Waals surface area contributed by atoms with Crippen LogP contribution in [0.4, 0.5) is 5.69 Å². The van der Waals surface area contributed by atoms with Crippen LogP contribution >= 0.6 is 11.6 Å². The number of nitrogens with one attached hydrogen (secondary N) is 1. The molecule has 3 rings (SSSR count). The zero-order chi connectivity index (χ0) is 21.2. The zero-order valence-corrected chi connectivity index (χ0v) is 16.7. The van der Waals surface area contributed by atoms with E-state index in [1.54, 1.807) is 0 Å². The molecule has 1 amide bonds. The number of hydrogen-bond acceptors (Lipinski definition) is 7. The fourth-order valence-corrected chi connectivity index (χ4v) is 3.72. The number of amides is 1. The SMILES string of the molecule is CC(OC(=O)C1=CN2CCS(=O)(=O)N=C2C=C1)C(=O)Nc1ccc(C#N)c(Cl)c1. The third-order valence-electron chi connectivity index (χ3n) is 4.07. The van der Waals surface area contributed by atoms with Crippen molar-refractivity contribution in [3.63, 3.8) is 0 Å². The summed E-state index contributed by atoms with van der Waals surface area (Å²) in [5.74, 6) is -1.26. The van der Waals surface area contributed by atoms with Crippen molar-refractivity contribution in [2.75, 3.05) is 17.6 Å². The molecule has 0 radical (unpaired) electrons. The van der Waals surface area contributed by atoms with Gasteiger partial charge in [0.05, 0.1) is 21.9 Å². The Bertz CT molecular complexity index is 1120. The van der Waals surface area contributed by atoms with E-state index in [-0.39, 0.29) is 34.3 Å². The van der Waals surface area contributed by atoms with E-state index in [1.807, 2.05) is 6.07 Å². The summed E-state index contributed by atoms with van der Waals surface area (Å²) in [6.45, 7) is 1.57. The molecule has 1 aromatic carbocycles. The van der Waals surface area contributed by atoms with E-state index in [0.29, 0.717) is 5.69 Å². The zero-order valence-electron chi connectivity index (χ0n) is 15.1. The summed E-state index contributed by atoms with van der Waals surface area (Å²) in [6, 6.07) is 6.30. The average Bonchev–Trinajstić information content (AvgIpc) is 2.67. The molecule has 0 aliphatic carbocycles. The Kier molecular flexibility index (Phi) is 5.72. The number of halogens is 1. The van der Waals surface area contributed by atoms with Gasteiger partial charge in [0.2, 0.25) is 0 Å². The molecule has 2 aliphatic rings. The fourth-order valence-electron chi connectivity index (χ4n) is 2.53. The van der Waals surface area contributed by atoms with Crippen LogP contribution in [0.5, 0.6) is 0 Å². The first-order valence-corrected chi connectivity index (χ1v) is 10.4. The molecule has 29 heavy (non-hydrogen) atoms. The number of benzene rings is 1. The second-order valence-corrected chi connectivity index (χ2v) is 8.35. The van der Waals surface area contributed by atoms with Crippen LogP contribution in [0.1, 0.15) is 12.5 Å². The predicted octanol–water partition coefficient (Wildman–Crippen LogP) is 1.58. The first kappa shape index (κ1) is 20.6. The number of fused-ring (bicyclic) bond motifs is 1. The number of esters is 1. The molecule has 0 bridgehead atoms. The maximum atomic E-state index is 12.3. The highest BCUT2D eigenvalue weighted by atomic mass is 35.5. The molecular weight excluding hydrogens is 420 g/mol. The van der Waals surface area contributed by atoms with Crippen molar-refractivity contribution in [3.05, 3.63) is 52.7 Å². The minimum absolute atomic E-state index is 0.157. The first-order chi connectivity index (χ1) is 13.7. The van der Waals surface area contributed by atoms with Crippen LogP contribution in [0, 0.1) is 11.3 Å². The van der Waals surface area contributed by atoms with Gasteiger partial charge < -0.3 is 15.0 Å². The molecule has 2 heterocycles. The predicted molar refractivity (Wildman–Crippen MR) is 106 cm³/mol. The van der Waals surface area contributed by atoms with Crippen LogP contribution in [0.15, 0.2) is 46.5 Å². The summed E-state index contributed by atoms with van der Waals surface area (Å²) in [6.07, 6.45) is 3.10. The number of hydrogen-bond donors (Lipinski definition) is 1. The standard InChI is InChI=1S/C18H15ClN4O5S/c1-11(17(24)21-14-4-2-12(9-20)15(19)8-14)28-18(25)13-3-5-16-22-29(26,27)7-6-23(16)10-13/h2-5,8,10-11H,6-7H2,1H3,(H,21,24). The molecule has 1 unspecified atom stereocenters. The monoisotopic (exact) mass is 434 g/mol. The van der Waals surface area contributed by atoms with Gasteiger partial charge in [0.1, 0.15) is 11.9 Å². The smallest absolute Gasteiger partial charge is 0.340 e. The molecule has 0 saturated heterocycles. The van der Waals surface area contributed by atoms with Gasteiger partial charge in [-0.3, -0.25) is 4.79 Å². The highest BCUT2D eigenvalue weighted by Crippen LogP contribution is 2.21. The summed E-state index contributed by atoms with van der Waals surface area (Å²) < 4.78 is 31.8. The van der Waals surface area contributed by atoms with Crippen LogP contribution < -0.4 is 5.32 Å². The number of rotatable bonds is 4. The number of nitriles is 1. The van der Waals surface area contributed by atoms with Crippen molar-refractivity contribution in [2.24, 2.45) is 4.40 Å². The Morgan fingerprint density at radius 3 is 2.83 bits per heavy atom. The van der Waals surface area contributed by atoms with Gasteiger partial charge in [0.25, 0.3) is 15.9 Å². The van der Waals surface area contributed by atoms with Gasteiger partial charge in [-0.2, -0.15) is 5.26 Å². The highest BCUT2D eigenvalue weighted by Gasteiger charge is 2.27. The lowest BCUT2D eigenvalue weighted by Gasteiger charge is -2.27.